The van der Waals surface area contributed by atoms with Crippen LogP contribution in [0.2, 0.25) is 0 Å². The number of methoxy groups -OCH3 is 1. The Morgan fingerprint density at radius 1 is 1.27 bits per heavy atom. The second-order valence-corrected chi connectivity index (χ2v) is 6.31. The topological polar surface area (TPSA) is 62.1 Å². The molecule has 5 heteroatoms. The fraction of sp³-hybridized carbons (Fsp3) is 0.238. The van der Waals surface area contributed by atoms with E-state index in [1.165, 1.54) is 5.01 Å². The highest BCUT2D eigenvalue weighted by atomic mass is 16.5. The normalized spacial score (nSPS) is 13.5. The molecule has 0 spiro atoms. The molecule has 1 heterocycles. The van der Waals surface area contributed by atoms with Crippen LogP contribution in [0.1, 0.15) is 30.0 Å². The van der Waals surface area contributed by atoms with Gasteiger partial charge in [0.25, 0.3) is 0 Å². The third-order valence-electron chi connectivity index (χ3n) is 4.39. The summed E-state index contributed by atoms with van der Waals surface area (Å²) in [6.07, 6.45) is 0.938. The molecule has 0 aliphatic carbocycles. The number of allylic oxidation sites excluding steroid dienone is 1. The molecule has 2 aromatic rings. The Hall–Kier alpha value is -3.08. The lowest BCUT2D eigenvalue weighted by Gasteiger charge is -2.16. The molecule has 3 rings (SSSR count). The standard InChI is InChI=1S/C21H22N2O3/c1-14(2)21-16(5-4-6-19(21)26-3)13-20(25)23-12-11-18(22-23)15-7-9-17(24)10-8-15/h4-10,24H,1,11-13H2,2-3H3. The van der Waals surface area contributed by atoms with E-state index in [-0.39, 0.29) is 18.1 Å². The van der Waals surface area contributed by atoms with E-state index in [0.717, 1.165) is 33.7 Å². The van der Waals surface area contributed by atoms with E-state index in [2.05, 4.69) is 11.7 Å². The van der Waals surface area contributed by atoms with E-state index in [9.17, 15) is 9.90 Å². The van der Waals surface area contributed by atoms with Crippen LogP contribution in [0.25, 0.3) is 5.57 Å². The molecule has 0 fully saturated rings. The van der Waals surface area contributed by atoms with E-state index < -0.39 is 0 Å². The summed E-state index contributed by atoms with van der Waals surface area (Å²) in [7, 11) is 1.61. The Balaban J connectivity index is 1.79. The number of ether oxygens (including phenoxy) is 1. The summed E-state index contributed by atoms with van der Waals surface area (Å²) in [5.74, 6) is 0.873. The van der Waals surface area contributed by atoms with Gasteiger partial charge in [-0.15, -0.1) is 0 Å². The lowest BCUT2D eigenvalue weighted by atomic mass is 9.98. The SMILES string of the molecule is C=C(C)c1c(CC(=O)N2CCC(c3ccc(O)cc3)=N2)cccc1OC. The molecule has 0 bridgehead atoms. The van der Waals surface area contributed by atoms with Gasteiger partial charge in [-0.3, -0.25) is 4.79 Å². The average Bonchev–Trinajstić information content (AvgIpc) is 3.12. The Morgan fingerprint density at radius 3 is 2.65 bits per heavy atom. The molecule has 0 aromatic heterocycles. The minimum Gasteiger partial charge on any atom is -0.508 e. The van der Waals surface area contributed by atoms with Crippen molar-refractivity contribution in [2.75, 3.05) is 13.7 Å². The van der Waals surface area contributed by atoms with Gasteiger partial charge in [0.05, 0.1) is 25.8 Å². The van der Waals surface area contributed by atoms with Crippen LogP contribution in [-0.4, -0.2) is 35.4 Å². The lowest BCUT2D eigenvalue weighted by Crippen LogP contribution is -2.25. The van der Waals surface area contributed by atoms with E-state index >= 15 is 0 Å². The van der Waals surface area contributed by atoms with Crippen LogP contribution < -0.4 is 4.74 Å². The molecule has 2 aromatic carbocycles. The summed E-state index contributed by atoms with van der Waals surface area (Å²) in [6, 6.07) is 12.5. The van der Waals surface area contributed by atoms with Gasteiger partial charge in [0, 0.05) is 12.0 Å². The number of carbonyl (C=O) groups is 1. The molecule has 0 radical (unpaired) electrons. The number of hydrogen-bond acceptors (Lipinski definition) is 4. The number of amides is 1. The number of carbonyl (C=O) groups excluding carboxylic acids is 1. The molecular weight excluding hydrogens is 328 g/mol. The van der Waals surface area contributed by atoms with E-state index in [4.69, 9.17) is 4.74 Å². The van der Waals surface area contributed by atoms with Crippen LogP contribution in [0.5, 0.6) is 11.5 Å². The number of benzene rings is 2. The highest BCUT2D eigenvalue weighted by Gasteiger charge is 2.23. The summed E-state index contributed by atoms with van der Waals surface area (Å²) in [6.45, 7) is 6.47. The molecule has 0 saturated carbocycles. The zero-order chi connectivity index (χ0) is 18.7. The van der Waals surface area contributed by atoms with Gasteiger partial charge < -0.3 is 9.84 Å². The molecular formula is C21H22N2O3. The number of rotatable bonds is 5. The maximum absolute atomic E-state index is 12.7. The van der Waals surface area contributed by atoms with Crippen molar-refractivity contribution in [3.8, 4) is 11.5 Å². The first-order chi connectivity index (χ1) is 12.5. The van der Waals surface area contributed by atoms with Crippen molar-refractivity contribution in [1.82, 2.24) is 5.01 Å². The Kier molecular flexibility index (Phi) is 5.07. The van der Waals surface area contributed by atoms with Crippen LogP contribution in [0, 0.1) is 0 Å². The Bertz CT molecular complexity index is 869. The smallest absolute Gasteiger partial charge is 0.247 e. The van der Waals surface area contributed by atoms with Crippen molar-refractivity contribution < 1.29 is 14.6 Å². The molecule has 0 unspecified atom stereocenters. The Labute approximate surface area is 153 Å². The van der Waals surface area contributed by atoms with Crippen molar-refractivity contribution in [2.45, 2.75) is 19.8 Å². The van der Waals surface area contributed by atoms with Gasteiger partial charge in [0.15, 0.2) is 0 Å². The van der Waals surface area contributed by atoms with Gasteiger partial charge in [0.2, 0.25) is 5.91 Å². The minimum atomic E-state index is -0.0606. The van der Waals surface area contributed by atoms with Crippen LogP contribution in [0.3, 0.4) is 0 Å². The molecule has 0 saturated heterocycles. The van der Waals surface area contributed by atoms with Crippen molar-refractivity contribution in [2.24, 2.45) is 5.10 Å². The van der Waals surface area contributed by atoms with Crippen molar-refractivity contribution >= 4 is 17.2 Å². The summed E-state index contributed by atoms with van der Waals surface area (Å²) >= 11 is 0. The summed E-state index contributed by atoms with van der Waals surface area (Å²) in [5, 5.41) is 15.4. The largest absolute Gasteiger partial charge is 0.508 e. The van der Waals surface area contributed by atoms with E-state index in [0.29, 0.717) is 13.0 Å². The molecule has 1 N–H and O–H groups in total. The fourth-order valence-corrected chi connectivity index (χ4v) is 3.13. The van der Waals surface area contributed by atoms with Crippen LogP contribution >= 0.6 is 0 Å². The monoisotopic (exact) mass is 350 g/mol. The predicted octanol–water partition coefficient (Wildman–Crippen LogP) is 3.61. The molecule has 0 atom stereocenters. The van der Waals surface area contributed by atoms with Crippen molar-refractivity contribution in [3.05, 3.63) is 65.7 Å². The zero-order valence-electron chi connectivity index (χ0n) is 15.0. The van der Waals surface area contributed by atoms with Gasteiger partial charge in [-0.05, 0) is 54.0 Å². The van der Waals surface area contributed by atoms with Gasteiger partial charge in [-0.2, -0.15) is 5.10 Å². The molecule has 134 valence electrons. The van der Waals surface area contributed by atoms with E-state index in [1.807, 2.05) is 37.3 Å². The third kappa shape index (κ3) is 3.61. The Morgan fingerprint density at radius 2 is 2.00 bits per heavy atom. The van der Waals surface area contributed by atoms with Crippen LogP contribution in [0.4, 0.5) is 0 Å². The quantitative estimate of drug-likeness (QED) is 0.896. The number of hydrazone groups is 1. The maximum atomic E-state index is 12.7. The maximum Gasteiger partial charge on any atom is 0.247 e. The highest BCUT2D eigenvalue weighted by molar-refractivity contribution is 6.02. The number of phenols is 1. The first-order valence-corrected chi connectivity index (χ1v) is 8.48. The van der Waals surface area contributed by atoms with Gasteiger partial charge in [-0.25, -0.2) is 5.01 Å². The summed E-state index contributed by atoms with van der Waals surface area (Å²) < 4.78 is 5.41. The lowest BCUT2D eigenvalue weighted by molar-refractivity contribution is -0.130. The molecule has 26 heavy (non-hydrogen) atoms. The summed E-state index contributed by atoms with van der Waals surface area (Å²) in [4.78, 5) is 12.7. The highest BCUT2D eigenvalue weighted by Crippen LogP contribution is 2.29. The first-order valence-electron chi connectivity index (χ1n) is 8.48. The molecule has 5 nitrogen and oxygen atoms in total. The number of nitrogens with zero attached hydrogens (tertiary/aromatic N) is 2. The summed E-state index contributed by atoms with van der Waals surface area (Å²) in [5.41, 5.74) is 4.39. The predicted molar refractivity (Wildman–Crippen MR) is 102 cm³/mol. The van der Waals surface area contributed by atoms with Gasteiger partial charge in [-0.1, -0.05) is 18.7 Å². The number of phenolic OH excluding ortho intramolecular Hbond substituents is 1. The second kappa shape index (κ2) is 7.44. The molecule has 1 amide bonds. The number of hydrogen-bond donors (Lipinski definition) is 1. The fourth-order valence-electron chi connectivity index (χ4n) is 3.13. The average molecular weight is 350 g/mol. The molecule has 1 aliphatic rings. The van der Waals surface area contributed by atoms with Gasteiger partial charge >= 0.3 is 0 Å². The minimum absolute atomic E-state index is 0.0606. The number of aromatic hydroxyl groups is 1. The first kappa shape index (κ1) is 17.7. The van der Waals surface area contributed by atoms with Gasteiger partial charge in [0.1, 0.15) is 11.5 Å². The van der Waals surface area contributed by atoms with Crippen LogP contribution in [-0.2, 0) is 11.2 Å². The van der Waals surface area contributed by atoms with Crippen molar-refractivity contribution in [3.63, 3.8) is 0 Å². The van der Waals surface area contributed by atoms with Crippen LogP contribution in [0.15, 0.2) is 54.1 Å². The zero-order valence-corrected chi connectivity index (χ0v) is 15.0. The molecule has 1 aliphatic heterocycles. The second-order valence-electron chi connectivity index (χ2n) is 6.31. The van der Waals surface area contributed by atoms with E-state index in [1.54, 1.807) is 19.2 Å². The van der Waals surface area contributed by atoms with Crippen molar-refractivity contribution in [1.29, 1.82) is 0 Å². The third-order valence-corrected chi connectivity index (χ3v) is 4.39.